The molecular formula is C25H24ClN3O4S. The van der Waals surface area contributed by atoms with Crippen LogP contribution in [0.3, 0.4) is 0 Å². The quantitative estimate of drug-likeness (QED) is 0.458. The lowest BCUT2D eigenvalue weighted by atomic mass is 10.0. The Labute approximate surface area is 204 Å². The molecule has 34 heavy (non-hydrogen) atoms. The highest BCUT2D eigenvalue weighted by Crippen LogP contribution is 2.30. The Kier molecular flexibility index (Phi) is 7.82. The summed E-state index contributed by atoms with van der Waals surface area (Å²) < 4.78 is 33.8. The first-order valence-electron chi connectivity index (χ1n) is 10.5. The van der Waals surface area contributed by atoms with E-state index in [4.69, 9.17) is 21.6 Å². The van der Waals surface area contributed by atoms with Gasteiger partial charge in [0.2, 0.25) is 0 Å². The fourth-order valence-electron chi connectivity index (χ4n) is 3.54. The van der Waals surface area contributed by atoms with Crippen LogP contribution in [-0.4, -0.2) is 32.9 Å². The van der Waals surface area contributed by atoms with Crippen LogP contribution < -0.4 is 9.46 Å². The van der Waals surface area contributed by atoms with Crippen LogP contribution in [0.5, 0.6) is 5.75 Å². The zero-order valence-corrected chi connectivity index (χ0v) is 20.5. The third-order valence-electron chi connectivity index (χ3n) is 5.39. The summed E-state index contributed by atoms with van der Waals surface area (Å²) in [6.45, 7) is 4.15. The van der Waals surface area contributed by atoms with Gasteiger partial charge < -0.3 is 9.64 Å². The first-order chi connectivity index (χ1) is 16.2. The van der Waals surface area contributed by atoms with E-state index >= 15 is 0 Å². The SMILES string of the molecule is CCN(C(=O)c1cccc(S(=O)(=O)Nc2cc(Cl)ccc2OC)c1)C(C)c1ccc(C#N)cc1. The van der Waals surface area contributed by atoms with Crippen molar-refractivity contribution in [2.75, 3.05) is 18.4 Å². The topological polar surface area (TPSA) is 99.5 Å². The molecule has 3 aromatic carbocycles. The number of sulfonamides is 1. The summed E-state index contributed by atoms with van der Waals surface area (Å²) in [5.41, 5.74) is 1.83. The largest absolute Gasteiger partial charge is 0.495 e. The lowest BCUT2D eigenvalue weighted by Gasteiger charge is -2.28. The number of carbonyl (C=O) groups excluding carboxylic acids is 1. The van der Waals surface area contributed by atoms with E-state index in [0.29, 0.717) is 22.9 Å². The van der Waals surface area contributed by atoms with Gasteiger partial charge >= 0.3 is 0 Å². The first-order valence-corrected chi connectivity index (χ1v) is 12.3. The highest BCUT2D eigenvalue weighted by atomic mass is 35.5. The molecule has 0 aromatic heterocycles. The van der Waals surface area contributed by atoms with Crippen molar-refractivity contribution in [3.8, 4) is 11.8 Å². The van der Waals surface area contributed by atoms with Gasteiger partial charge in [-0.2, -0.15) is 5.26 Å². The van der Waals surface area contributed by atoms with Gasteiger partial charge in [-0.15, -0.1) is 0 Å². The van der Waals surface area contributed by atoms with Gasteiger partial charge in [0.25, 0.3) is 15.9 Å². The van der Waals surface area contributed by atoms with Gasteiger partial charge in [0.15, 0.2) is 0 Å². The normalized spacial score (nSPS) is 11.9. The maximum Gasteiger partial charge on any atom is 0.262 e. The van der Waals surface area contributed by atoms with Crippen LogP contribution in [0.2, 0.25) is 5.02 Å². The van der Waals surface area contributed by atoms with E-state index in [1.165, 1.54) is 31.4 Å². The molecule has 3 aromatic rings. The predicted octanol–water partition coefficient (Wildman–Crippen LogP) is 5.24. The Morgan fingerprint density at radius 1 is 1.15 bits per heavy atom. The van der Waals surface area contributed by atoms with Gasteiger partial charge in [-0.1, -0.05) is 29.8 Å². The van der Waals surface area contributed by atoms with Crippen molar-refractivity contribution in [2.45, 2.75) is 24.8 Å². The number of hydrogen-bond acceptors (Lipinski definition) is 5. The molecule has 0 fully saturated rings. The van der Waals surface area contributed by atoms with Crippen molar-refractivity contribution in [1.29, 1.82) is 5.26 Å². The number of ether oxygens (including phenoxy) is 1. The third-order valence-corrected chi connectivity index (χ3v) is 6.99. The van der Waals surface area contributed by atoms with E-state index in [-0.39, 0.29) is 28.1 Å². The number of carbonyl (C=O) groups is 1. The number of amides is 1. The van der Waals surface area contributed by atoms with Crippen molar-refractivity contribution in [3.63, 3.8) is 0 Å². The molecular weight excluding hydrogens is 474 g/mol. The summed E-state index contributed by atoms with van der Waals surface area (Å²) in [6, 6.07) is 19.3. The van der Waals surface area contributed by atoms with E-state index in [2.05, 4.69) is 10.8 Å². The molecule has 0 saturated heterocycles. The summed E-state index contributed by atoms with van der Waals surface area (Å²) in [5.74, 6) is 0.00495. The Hall–Kier alpha value is -3.54. The van der Waals surface area contributed by atoms with Gasteiger partial charge in [0.1, 0.15) is 5.75 Å². The van der Waals surface area contributed by atoms with Crippen LogP contribution in [-0.2, 0) is 10.0 Å². The van der Waals surface area contributed by atoms with Gasteiger partial charge in [0, 0.05) is 17.1 Å². The number of anilines is 1. The molecule has 3 rings (SSSR count). The molecule has 0 heterocycles. The van der Waals surface area contributed by atoms with Crippen LogP contribution in [0.4, 0.5) is 5.69 Å². The molecule has 0 aliphatic rings. The maximum absolute atomic E-state index is 13.3. The van der Waals surface area contributed by atoms with Crippen LogP contribution in [0.25, 0.3) is 0 Å². The summed E-state index contributed by atoms with van der Waals surface area (Å²) in [7, 11) is -2.60. The fraction of sp³-hybridized carbons (Fsp3) is 0.200. The maximum atomic E-state index is 13.3. The average molecular weight is 498 g/mol. The smallest absolute Gasteiger partial charge is 0.262 e. The van der Waals surface area contributed by atoms with Gasteiger partial charge in [-0.05, 0) is 67.9 Å². The molecule has 1 atom stereocenters. The molecule has 7 nitrogen and oxygen atoms in total. The molecule has 0 aliphatic carbocycles. The van der Waals surface area contributed by atoms with Crippen molar-refractivity contribution in [1.82, 2.24) is 4.90 Å². The second-order valence-electron chi connectivity index (χ2n) is 7.48. The highest BCUT2D eigenvalue weighted by molar-refractivity contribution is 7.92. The minimum absolute atomic E-state index is 0.0672. The standard InChI is InChI=1S/C25H24ClN3O4S/c1-4-29(17(2)19-10-8-18(16-27)9-11-19)25(30)20-6-5-7-22(14-20)34(31,32)28-23-15-21(26)12-13-24(23)33-3/h5-15,17,28H,4H2,1-3H3. The van der Waals surface area contributed by atoms with Crippen molar-refractivity contribution < 1.29 is 17.9 Å². The van der Waals surface area contributed by atoms with E-state index in [0.717, 1.165) is 5.56 Å². The highest BCUT2D eigenvalue weighted by Gasteiger charge is 2.24. The number of nitrogens with one attached hydrogen (secondary N) is 1. The molecule has 1 amide bonds. The Balaban J connectivity index is 1.89. The number of benzene rings is 3. The van der Waals surface area contributed by atoms with E-state index in [1.54, 1.807) is 35.2 Å². The zero-order chi connectivity index (χ0) is 24.9. The number of halogens is 1. The molecule has 1 N–H and O–H groups in total. The second kappa shape index (κ2) is 10.6. The summed E-state index contributed by atoms with van der Waals surface area (Å²) in [6.07, 6.45) is 0. The Morgan fingerprint density at radius 3 is 2.47 bits per heavy atom. The molecule has 0 spiro atoms. The number of nitrogens with zero attached hydrogens (tertiary/aromatic N) is 2. The average Bonchev–Trinajstić information content (AvgIpc) is 2.84. The molecule has 0 aliphatic heterocycles. The summed E-state index contributed by atoms with van der Waals surface area (Å²) in [4.78, 5) is 14.9. The van der Waals surface area contributed by atoms with Gasteiger partial charge in [-0.3, -0.25) is 9.52 Å². The zero-order valence-electron chi connectivity index (χ0n) is 18.9. The monoisotopic (exact) mass is 497 g/mol. The fourth-order valence-corrected chi connectivity index (χ4v) is 4.81. The van der Waals surface area contributed by atoms with Crippen LogP contribution >= 0.6 is 11.6 Å². The van der Waals surface area contributed by atoms with E-state index in [9.17, 15) is 13.2 Å². The number of hydrogen-bond donors (Lipinski definition) is 1. The van der Waals surface area contributed by atoms with Gasteiger partial charge in [0.05, 0.1) is 35.4 Å². The Morgan fingerprint density at radius 2 is 1.85 bits per heavy atom. The molecule has 0 radical (unpaired) electrons. The first kappa shape index (κ1) is 25.1. The molecule has 1 unspecified atom stereocenters. The van der Waals surface area contributed by atoms with Crippen molar-refractivity contribution in [3.05, 3.63) is 88.4 Å². The lowest BCUT2D eigenvalue weighted by molar-refractivity contribution is 0.0702. The summed E-state index contributed by atoms with van der Waals surface area (Å²) in [5, 5.41) is 9.35. The van der Waals surface area contributed by atoms with Gasteiger partial charge in [-0.25, -0.2) is 8.42 Å². The van der Waals surface area contributed by atoms with Crippen molar-refractivity contribution in [2.24, 2.45) is 0 Å². The number of methoxy groups -OCH3 is 1. The molecule has 176 valence electrons. The third kappa shape index (κ3) is 5.50. The van der Waals surface area contributed by atoms with Crippen LogP contribution in [0, 0.1) is 11.3 Å². The molecule has 0 bridgehead atoms. The lowest BCUT2D eigenvalue weighted by Crippen LogP contribution is -2.33. The predicted molar refractivity (Wildman–Crippen MR) is 132 cm³/mol. The number of rotatable bonds is 8. The number of nitriles is 1. The summed E-state index contributed by atoms with van der Waals surface area (Å²) >= 11 is 6.01. The minimum atomic E-state index is -4.02. The van der Waals surface area contributed by atoms with Crippen LogP contribution in [0.1, 0.15) is 41.4 Å². The van der Waals surface area contributed by atoms with E-state index < -0.39 is 10.0 Å². The Bertz CT molecular complexity index is 1340. The molecule has 0 saturated carbocycles. The minimum Gasteiger partial charge on any atom is -0.495 e. The van der Waals surface area contributed by atoms with Crippen LogP contribution in [0.15, 0.2) is 71.6 Å². The molecule has 9 heteroatoms. The van der Waals surface area contributed by atoms with Crippen molar-refractivity contribution >= 4 is 33.2 Å². The second-order valence-corrected chi connectivity index (χ2v) is 9.60. The van der Waals surface area contributed by atoms with E-state index in [1.807, 2.05) is 26.0 Å².